The van der Waals surface area contributed by atoms with Gasteiger partial charge in [-0.3, -0.25) is 4.79 Å². The Balaban J connectivity index is 3.29. The number of rotatable bonds is 2. The summed E-state index contributed by atoms with van der Waals surface area (Å²) in [5.41, 5.74) is 0.126. The van der Waals surface area contributed by atoms with Gasteiger partial charge in [0.2, 0.25) is 0 Å². The van der Waals surface area contributed by atoms with Crippen molar-refractivity contribution in [1.29, 1.82) is 0 Å². The van der Waals surface area contributed by atoms with E-state index in [1.165, 1.54) is 13.0 Å². The number of ether oxygens (including phenoxy) is 1. The Bertz CT molecular complexity index is 427. The molecule has 0 bridgehead atoms. The second kappa shape index (κ2) is 4.33. The molecule has 0 aromatic heterocycles. The Morgan fingerprint density at radius 1 is 1.38 bits per heavy atom. The Morgan fingerprint density at radius 3 is 2.38 bits per heavy atom. The van der Waals surface area contributed by atoms with E-state index < -0.39 is 17.9 Å². The standard InChI is InChI=1S/C10H8ClF3O2/c1-5-7(11)3-4-8(9(5)6(2)15)16-10(12,13)14/h3-4H,1-2H3. The van der Waals surface area contributed by atoms with Gasteiger partial charge in [-0.2, -0.15) is 0 Å². The number of hydrogen-bond donors (Lipinski definition) is 0. The highest BCUT2D eigenvalue weighted by Gasteiger charge is 2.33. The van der Waals surface area contributed by atoms with Crippen molar-refractivity contribution in [3.8, 4) is 5.75 Å². The summed E-state index contributed by atoms with van der Waals surface area (Å²) in [5, 5.41) is 0.222. The number of ketones is 1. The molecular weight excluding hydrogens is 245 g/mol. The summed E-state index contributed by atoms with van der Waals surface area (Å²) in [4.78, 5) is 11.2. The van der Waals surface area contributed by atoms with Gasteiger partial charge < -0.3 is 4.74 Å². The van der Waals surface area contributed by atoms with Crippen LogP contribution >= 0.6 is 11.6 Å². The molecule has 16 heavy (non-hydrogen) atoms. The Hall–Kier alpha value is -1.23. The van der Waals surface area contributed by atoms with Gasteiger partial charge >= 0.3 is 6.36 Å². The van der Waals surface area contributed by atoms with Gasteiger partial charge in [-0.05, 0) is 31.5 Å². The van der Waals surface area contributed by atoms with E-state index in [4.69, 9.17) is 11.6 Å². The van der Waals surface area contributed by atoms with Gasteiger partial charge in [0.25, 0.3) is 0 Å². The normalized spacial score (nSPS) is 11.4. The van der Waals surface area contributed by atoms with Gasteiger partial charge in [0.1, 0.15) is 5.75 Å². The molecular formula is C10H8ClF3O2. The van der Waals surface area contributed by atoms with E-state index in [-0.39, 0.29) is 16.1 Å². The first-order chi connectivity index (χ1) is 7.22. The molecule has 0 aliphatic carbocycles. The molecule has 1 rings (SSSR count). The van der Waals surface area contributed by atoms with E-state index in [1.54, 1.807) is 0 Å². The molecule has 0 amide bonds. The monoisotopic (exact) mass is 252 g/mol. The van der Waals surface area contributed by atoms with Gasteiger partial charge in [0.05, 0.1) is 5.56 Å². The van der Waals surface area contributed by atoms with Crippen LogP contribution in [0.1, 0.15) is 22.8 Å². The molecule has 0 aliphatic rings. The van der Waals surface area contributed by atoms with Crippen LogP contribution in [0, 0.1) is 6.92 Å². The molecule has 0 heterocycles. The average molecular weight is 253 g/mol. The van der Waals surface area contributed by atoms with Crippen molar-refractivity contribution in [2.75, 3.05) is 0 Å². The first-order valence-corrected chi connectivity index (χ1v) is 4.66. The number of Topliss-reactive ketones (excluding diaryl/α,β-unsaturated/α-hetero) is 1. The highest BCUT2D eigenvalue weighted by molar-refractivity contribution is 6.32. The van der Waals surface area contributed by atoms with Crippen molar-refractivity contribution in [3.63, 3.8) is 0 Å². The second-order valence-electron chi connectivity index (χ2n) is 3.15. The van der Waals surface area contributed by atoms with Crippen LogP contribution in [0.25, 0.3) is 0 Å². The minimum absolute atomic E-state index is 0.148. The Labute approximate surface area is 95.0 Å². The van der Waals surface area contributed by atoms with Crippen LogP contribution in [0.2, 0.25) is 5.02 Å². The molecule has 1 aromatic carbocycles. The number of alkyl halides is 3. The summed E-state index contributed by atoms with van der Waals surface area (Å²) >= 11 is 5.71. The Morgan fingerprint density at radius 2 is 1.94 bits per heavy atom. The van der Waals surface area contributed by atoms with Crippen molar-refractivity contribution in [2.24, 2.45) is 0 Å². The molecule has 0 unspecified atom stereocenters. The molecule has 6 heteroatoms. The molecule has 0 N–H and O–H groups in total. The maximum atomic E-state index is 12.1. The van der Waals surface area contributed by atoms with E-state index in [9.17, 15) is 18.0 Å². The molecule has 88 valence electrons. The SMILES string of the molecule is CC(=O)c1c(OC(F)(F)F)ccc(Cl)c1C. The lowest BCUT2D eigenvalue weighted by atomic mass is 10.0. The van der Waals surface area contributed by atoms with E-state index in [2.05, 4.69) is 4.74 Å². The number of halogens is 4. The summed E-state index contributed by atoms with van der Waals surface area (Å²) < 4.78 is 39.9. The number of carbonyl (C=O) groups excluding carboxylic acids is 1. The molecule has 0 saturated heterocycles. The first kappa shape index (κ1) is 12.8. The third-order valence-electron chi connectivity index (χ3n) is 1.94. The van der Waals surface area contributed by atoms with Crippen LogP contribution in [0.3, 0.4) is 0 Å². The van der Waals surface area contributed by atoms with Crippen LogP contribution in [0.4, 0.5) is 13.2 Å². The lowest BCUT2D eigenvalue weighted by molar-refractivity contribution is -0.274. The van der Waals surface area contributed by atoms with Crippen molar-refractivity contribution >= 4 is 17.4 Å². The van der Waals surface area contributed by atoms with Crippen LogP contribution in [0.15, 0.2) is 12.1 Å². The molecule has 0 atom stereocenters. The maximum Gasteiger partial charge on any atom is 0.573 e. The largest absolute Gasteiger partial charge is 0.573 e. The number of carbonyl (C=O) groups is 1. The van der Waals surface area contributed by atoms with Crippen LogP contribution in [0.5, 0.6) is 5.75 Å². The van der Waals surface area contributed by atoms with E-state index >= 15 is 0 Å². The summed E-state index contributed by atoms with van der Waals surface area (Å²) in [6.45, 7) is 2.62. The fourth-order valence-electron chi connectivity index (χ4n) is 1.31. The van der Waals surface area contributed by atoms with Crippen LogP contribution < -0.4 is 4.74 Å². The van der Waals surface area contributed by atoms with Gasteiger partial charge in [-0.25, -0.2) is 0 Å². The molecule has 2 nitrogen and oxygen atoms in total. The predicted molar refractivity (Wildman–Crippen MR) is 52.9 cm³/mol. The zero-order valence-corrected chi connectivity index (χ0v) is 9.24. The smallest absolute Gasteiger partial charge is 0.405 e. The summed E-state index contributed by atoms with van der Waals surface area (Å²) in [6, 6.07) is 2.28. The number of benzene rings is 1. The van der Waals surface area contributed by atoms with Gasteiger partial charge in [-0.15, -0.1) is 13.2 Å². The highest BCUT2D eigenvalue weighted by Crippen LogP contribution is 2.32. The first-order valence-electron chi connectivity index (χ1n) is 4.28. The van der Waals surface area contributed by atoms with Crippen molar-refractivity contribution in [1.82, 2.24) is 0 Å². The molecule has 0 aliphatic heterocycles. The van der Waals surface area contributed by atoms with Crippen LogP contribution in [-0.4, -0.2) is 12.1 Å². The molecule has 0 radical (unpaired) electrons. The summed E-state index contributed by atoms with van der Waals surface area (Å²) in [7, 11) is 0. The van der Waals surface area contributed by atoms with Gasteiger partial charge in [0.15, 0.2) is 5.78 Å². The second-order valence-corrected chi connectivity index (χ2v) is 3.56. The fraction of sp³-hybridized carbons (Fsp3) is 0.300. The van der Waals surface area contributed by atoms with Gasteiger partial charge in [-0.1, -0.05) is 11.6 Å². The third-order valence-corrected chi connectivity index (χ3v) is 2.35. The molecule has 0 spiro atoms. The quantitative estimate of drug-likeness (QED) is 0.750. The van der Waals surface area contributed by atoms with Crippen molar-refractivity contribution < 1.29 is 22.7 Å². The Kier molecular flexibility index (Phi) is 3.48. The van der Waals surface area contributed by atoms with E-state index in [0.717, 1.165) is 13.0 Å². The predicted octanol–water partition coefficient (Wildman–Crippen LogP) is 3.75. The zero-order valence-electron chi connectivity index (χ0n) is 8.48. The fourth-order valence-corrected chi connectivity index (χ4v) is 1.47. The topological polar surface area (TPSA) is 26.3 Å². The molecule has 1 aromatic rings. The number of hydrogen-bond acceptors (Lipinski definition) is 2. The van der Waals surface area contributed by atoms with Gasteiger partial charge in [0, 0.05) is 5.02 Å². The third kappa shape index (κ3) is 2.88. The lowest BCUT2D eigenvalue weighted by Gasteiger charge is -2.14. The van der Waals surface area contributed by atoms with Crippen molar-refractivity contribution in [3.05, 3.63) is 28.3 Å². The van der Waals surface area contributed by atoms with E-state index in [1.807, 2.05) is 0 Å². The average Bonchev–Trinajstić information content (AvgIpc) is 2.08. The summed E-state index contributed by atoms with van der Waals surface area (Å²) in [5.74, 6) is -1.05. The lowest BCUT2D eigenvalue weighted by Crippen LogP contribution is -2.19. The van der Waals surface area contributed by atoms with Crippen molar-refractivity contribution in [2.45, 2.75) is 20.2 Å². The molecule has 0 saturated carbocycles. The maximum absolute atomic E-state index is 12.1. The van der Waals surface area contributed by atoms with Crippen LogP contribution in [-0.2, 0) is 0 Å². The summed E-state index contributed by atoms with van der Waals surface area (Å²) in [6.07, 6.45) is -4.83. The highest BCUT2D eigenvalue weighted by atomic mass is 35.5. The molecule has 0 fully saturated rings. The minimum Gasteiger partial charge on any atom is -0.405 e. The minimum atomic E-state index is -4.83. The van der Waals surface area contributed by atoms with E-state index in [0.29, 0.717) is 0 Å². The zero-order chi connectivity index (χ0) is 12.5.